The van der Waals surface area contributed by atoms with E-state index in [0.29, 0.717) is 15.6 Å². The van der Waals surface area contributed by atoms with Crippen LogP contribution in [0.15, 0.2) is 11.2 Å². The maximum atomic E-state index is 11.9. The minimum Gasteiger partial charge on any atom is -0.316 e. The van der Waals surface area contributed by atoms with Crippen LogP contribution in [0, 0.1) is 11.3 Å². The topological polar surface area (TPSA) is 94.5 Å². The Labute approximate surface area is 123 Å². The van der Waals surface area contributed by atoms with Gasteiger partial charge in [0.1, 0.15) is 16.1 Å². The maximum absolute atomic E-state index is 11.9. The molecule has 6 nitrogen and oxygen atoms in total. The van der Waals surface area contributed by atoms with Gasteiger partial charge in [0, 0.05) is 4.88 Å². The van der Waals surface area contributed by atoms with Gasteiger partial charge in [-0.1, -0.05) is 11.8 Å². The van der Waals surface area contributed by atoms with Crippen molar-refractivity contribution in [1.82, 2.24) is 15.4 Å². The molecule has 2 aromatic heterocycles. The molecule has 0 saturated carbocycles. The van der Waals surface area contributed by atoms with Crippen LogP contribution in [0.2, 0.25) is 0 Å². The zero-order valence-corrected chi connectivity index (χ0v) is 12.1. The molecular weight excluding hydrogens is 294 g/mol. The predicted octanol–water partition coefficient (Wildman–Crippen LogP) is 1.96. The number of amides is 1. The fraction of sp³-hybridized carbons (Fsp3) is 0.333. The third-order valence-corrected chi connectivity index (χ3v) is 5.14. The van der Waals surface area contributed by atoms with E-state index in [4.69, 9.17) is 0 Å². The third-order valence-electron chi connectivity index (χ3n) is 3.03. The van der Waals surface area contributed by atoms with E-state index < -0.39 is 0 Å². The number of thiophene rings is 1. The second-order valence-corrected chi connectivity index (χ2v) is 6.42. The Morgan fingerprint density at radius 2 is 2.50 bits per heavy atom. The number of aromatic amines is 1. The number of rotatable bonds is 4. The number of nitrogens with zero attached hydrogens (tertiary/aromatic N) is 3. The van der Waals surface area contributed by atoms with E-state index in [1.54, 1.807) is 6.20 Å². The monoisotopic (exact) mass is 305 g/mol. The third kappa shape index (κ3) is 2.55. The maximum Gasteiger partial charge on any atom is 0.235 e. The van der Waals surface area contributed by atoms with Crippen LogP contribution < -0.4 is 5.32 Å². The molecule has 0 spiro atoms. The average Bonchev–Trinajstić information content (AvgIpc) is 3.12. The Bertz CT molecular complexity index is 671. The molecule has 0 unspecified atom stereocenters. The summed E-state index contributed by atoms with van der Waals surface area (Å²) in [5.74, 6) is 0.120. The van der Waals surface area contributed by atoms with E-state index in [1.165, 1.54) is 28.0 Å². The Balaban J connectivity index is 1.66. The van der Waals surface area contributed by atoms with Crippen LogP contribution in [0.5, 0.6) is 0 Å². The van der Waals surface area contributed by atoms with Gasteiger partial charge in [-0.15, -0.1) is 16.4 Å². The van der Waals surface area contributed by atoms with Crippen molar-refractivity contribution in [2.24, 2.45) is 0 Å². The highest BCUT2D eigenvalue weighted by Crippen LogP contribution is 2.38. The quantitative estimate of drug-likeness (QED) is 0.842. The van der Waals surface area contributed by atoms with Gasteiger partial charge in [0.05, 0.1) is 17.5 Å². The number of H-pyrrole nitrogens is 1. The Hall–Kier alpha value is -1.85. The summed E-state index contributed by atoms with van der Waals surface area (Å²) in [7, 11) is 0. The number of nitriles is 1. The van der Waals surface area contributed by atoms with Crippen molar-refractivity contribution in [3.63, 3.8) is 0 Å². The molecule has 0 atom stereocenters. The second-order valence-electron chi connectivity index (χ2n) is 4.32. The summed E-state index contributed by atoms with van der Waals surface area (Å²) in [6.45, 7) is 0. The molecule has 1 aliphatic carbocycles. The number of hydrogen-bond donors (Lipinski definition) is 2. The van der Waals surface area contributed by atoms with E-state index >= 15 is 0 Å². The van der Waals surface area contributed by atoms with Crippen molar-refractivity contribution in [3.8, 4) is 6.07 Å². The van der Waals surface area contributed by atoms with E-state index in [9.17, 15) is 10.1 Å². The van der Waals surface area contributed by atoms with Gasteiger partial charge in [-0.3, -0.25) is 4.79 Å². The molecule has 0 bridgehead atoms. The van der Waals surface area contributed by atoms with Crippen molar-refractivity contribution in [2.75, 3.05) is 11.1 Å². The van der Waals surface area contributed by atoms with Crippen molar-refractivity contribution in [1.29, 1.82) is 5.26 Å². The van der Waals surface area contributed by atoms with Gasteiger partial charge in [-0.2, -0.15) is 15.6 Å². The molecule has 2 aromatic rings. The number of nitrogens with one attached hydrogen (secondary N) is 2. The minimum absolute atomic E-state index is 0.130. The average molecular weight is 305 g/mol. The predicted molar refractivity (Wildman–Crippen MR) is 76.8 cm³/mol. The van der Waals surface area contributed by atoms with Gasteiger partial charge >= 0.3 is 0 Å². The molecule has 3 rings (SSSR count). The van der Waals surface area contributed by atoms with Gasteiger partial charge in [-0.05, 0) is 24.8 Å². The zero-order valence-electron chi connectivity index (χ0n) is 10.5. The lowest BCUT2D eigenvalue weighted by molar-refractivity contribution is -0.113. The van der Waals surface area contributed by atoms with Crippen LogP contribution in [0.4, 0.5) is 5.00 Å². The first-order chi connectivity index (χ1) is 9.78. The van der Waals surface area contributed by atoms with Crippen LogP contribution in [0.25, 0.3) is 0 Å². The van der Waals surface area contributed by atoms with Gasteiger partial charge in [0.15, 0.2) is 0 Å². The standard InChI is InChI=1S/C12H11N5OS2/c13-4-8-7-2-1-3-9(7)20-12(8)15-10(18)6-19-11-5-14-17-16-11/h5H,1-3,6H2,(H,15,18)(H,14,16,17). The number of fused-ring (bicyclic) bond motifs is 1. The van der Waals surface area contributed by atoms with Gasteiger partial charge in [0.25, 0.3) is 0 Å². The number of anilines is 1. The fourth-order valence-electron chi connectivity index (χ4n) is 2.17. The lowest BCUT2D eigenvalue weighted by Gasteiger charge is -2.02. The Morgan fingerprint density at radius 3 is 3.25 bits per heavy atom. The number of carbonyl (C=O) groups excluding carboxylic acids is 1. The molecule has 0 saturated heterocycles. The summed E-state index contributed by atoms with van der Waals surface area (Å²) < 4.78 is 0. The highest BCUT2D eigenvalue weighted by Gasteiger charge is 2.23. The molecule has 20 heavy (non-hydrogen) atoms. The van der Waals surface area contributed by atoms with Crippen molar-refractivity contribution >= 4 is 34.0 Å². The van der Waals surface area contributed by atoms with E-state index in [1.807, 2.05) is 0 Å². The zero-order chi connectivity index (χ0) is 13.9. The SMILES string of the molecule is N#Cc1c(NC(=O)CSc2cn[nH]n2)sc2c1CCC2. The normalized spacial score (nSPS) is 12.9. The summed E-state index contributed by atoms with van der Waals surface area (Å²) in [5.41, 5.74) is 1.76. The summed E-state index contributed by atoms with van der Waals surface area (Å²) in [4.78, 5) is 13.1. The lowest BCUT2D eigenvalue weighted by Crippen LogP contribution is -2.14. The molecule has 0 fully saturated rings. The molecule has 2 N–H and O–H groups in total. The van der Waals surface area contributed by atoms with Crippen molar-refractivity contribution in [2.45, 2.75) is 24.3 Å². The lowest BCUT2D eigenvalue weighted by atomic mass is 10.1. The van der Waals surface area contributed by atoms with Gasteiger partial charge < -0.3 is 5.32 Å². The molecule has 2 heterocycles. The van der Waals surface area contributed by atoms with Crippen LogP contribution in [-0.4, -0.2) is 27.1 Å². The Kier molecular flexibility index (Phi) is 3.71. The molecule has 0 aliphatic heterocycles. The minimum atomic E-state index is -0.130. The second kappa shape index (κ2) is 5.64. The largest absolute Gasteiger partial charge is 0.316 e. The molecule has 0 aromatic carbocycles. The number of aromatic nitrogens is 3. The number of thioether (sulfide) groups is 1. The number of aryl methyl sites for hydroxylation is 1. The van der Waals surface area contributed by atoms with Crippen LogP contribution >= 0.6 is 23.1 Å². The molecule has 0 radical (unpaired) electrons. The Morgan fingerprint density at radius 1 is 1.60 bits per heavy atom. The summed E-state index contributed by atoms with van der Waals surface area (Å²) in [6, 6.07) is 2.21. The van der Waals surface area contributed by atoms with Gasteiger partial charge in [0.2, 0.25) is 5.91 Å². The fourth-order valence-corrected chi connectivity index (χ4v) is 4.01. The number of carbonyl (C=O) groups is 1. The van der Waals surface area contributed by atoms with E-state index in [-0.39, 0.29) is 11.7 Å². The highest BCUT2D eigenvalue weighted by atomic mass is 32.2. The first kappa shape index (κ1) is 13.1. The summed E-state index contributed by atoms with van der Waals surface area (Å²) in [6.07, 6.45) is 4.63. The molecule has 8 heteroatoms. The van der Waals surface area contributed by atoms with Crippen LogP contribution in [-0.2, 0) is 17.6 Å². The molecular formula is C12H11N5OS2. The number of hydrogen-bond acceptors (Lipinski definition) is 6. The highest BCUT2D eigenvalue weighted by molar-refractivity contribution is 7.99. The van der Waals surface area contributed by atoms with E-state index in [2.05, 4.69) is 26.8 Å². The first-order valence-electron chi connectivity index (χ1n) is 6.11. The van der Waals surface area contributed by atoms with Crippen molar-refractivity contribution in [3.05, 3.63) is 22.2 Å². The van der Waals surface area contributed by atoms with Crippen molar-refractivity contribution < 1.29 is 4.79 Å². The van der Waals surface area contributed by atoms with E-state index in [0.717, 1.165) is 24.8 Å². The molecule has 1 amide bonds. The smallest absolute Gasteiger partial charge is 0.235 e. The van der Waals surface area contributed by atoms with Crippen LogP contribution in [0.1, 0.15) is 22.4 Å². The molecule has 1 aliphatic rings. The summed E-state index contributed by atoms with van der Waals surface area (Å²) in [5, 5.41) is 23.5. The van der Waals surface area contributed by atoms with Gasteiger partial charge in [-0.25, -0.2) is 0 Å². The summed E-state index contributed by atoms with van der Waals surface area (Å²) >= 11 is 2.83. The van der Waals surface area contributed by atoms with Crippen LogP contribution in [0.3, 0.4) is 0 Å². The first-order valence-corrected chi connectivity index (χ1v) is 7.91. The molecule has 102 valence electrons.